The van der Waals surface area contributed by atoms with Crippen molar-refractivity contribution in [3.8, 4) is 0 Å². The van der Waals surface area contributed by atoms with Crippen molar-refractivity contribution in [2.24, 2.45) is 0 Å². The van der Waals surface area contributed by atoms with Crippen LogP contribution in [0.3, 0.4) is 0 Å². The fraction of sp³-hybridized carbons (Fsp3) is 0.700. The molecule has 0 aliphatic rings. The van der Waals surface area contributed by atoms with Crippen LogP contribution in [0.25, 0.3) is 0 Å². The Bertz CT molecular complexity index is 173. The van der Waals surface area contributed by atoms with E-state index in [1.54, 1.807) is 14.1 Å². The van der Waals surface area contributed by atoms with Crippen molar-refractivity contribution in [1.82, 2.24) is 0 Å². The van der Waals surface area contributed by atoms with E-state index in [1.807, 2.05) is 13.0 Å². The third kappa shape index (κ3) is 11.1. The van der Waals surface area contributed by atoms with E-state index in [1.165, 1.54) is 6.92 Å². The Morgan fingerprint density at radius 1 is 1.64 bits per heavy atom. The van der Waals surface area contributed by atoms with Crippen LogP contribution < -0.4 is 5.11 Å². The maximum absolute atomic E-state index is 9.31. The molecular weight excluding hydrogens is 182 g/mol. The largest absolute Gasteiger partial charge is 0.550 e. The van der Waals surface area contributed by atoms with Crippen LogP contribution in [-0.4, -0.2) is 36.0 Å². The number of rotatable bonds is 4. The molecule has 0 saturated carbocycles. The van der Waals surface area contributed by atoms with Crippen molar-refractivity contribution in [2.45, 2.75) is 32.7 Å². The molecule has 1 atom stereocenters. The molecule has 84 valence electrons. The van der Waals surface area contributed by atoms with Gasteiger partial charge in [0.2, 0.25) is 0 Å². The van der Waals surface area contributed by atoms with Gasteiger partial charge in [-0.25, -0.2) is 5.21 Å². The summed E-state index contributed by atoms with van der Waals surface area (Å²) in [6.45, 7) is 7.12. The van der Waals surface area contributed by atoms with Crippen molar-refractivity contribution in [1.29, 1.82) is 0 Å². The fourth-order valence-corrected chi connectivity index (χ4v) is 0.499. The van der Waals surface area contributed by atoms with Gasteiger partial charge in [-0.1, -0.05) is 13.0 Å². The molecule has 0 saturated heterocycles. The summed E-state index contributed by atoms with van der Waals surface area (Å²) >= 11 is 0. The molecule has 0 aliphatic carbocycles. The Balaban J connectivity index is 0. The molecule has 0 aliphatic heterocycles. The molecule has 0 aromatic carbocycles. The summed E-state index contributed by atoms with van der Waals surface area (Å²) < 4.78 is 0.0199. The highest BCUT2D eigenvalue weighted by Gasteiger charge is 2.19. The van der Waals surface area contributed by atoms with Gasteiger partial charge < -0.3 is 9.90 Å². The Morgan fingerprint density at radius 2 is 2.00 bits per heavy atom. The van der Waals surface area contributed by atoms with Crippen LogP contribution in [-0.2, 0) is 4.79 Å². The molecule has 0 fully saturated rings. The summed E-state index contributed by atoms with van der Waals surface area (Å²) in [4.78, 5) is 9.26. The monoisotopic (exact) mass is 203 g/mol. The zero-order valence-corrected chi connectivity index (χ0v) is 9.49. The van der Waals surface area contributed by atoms with E-state index in [9.17, 15) is 15.1 Å². The van der Waals surface area contributed by atoms with Gasteiger partial charge in [-0.3, -0.25) is 0 Å². The smallest absolute Gasteiger partial charge is 0.119 e. The van der Waals surface area contributed by atoms with Crippen molar-refractivity contribution >= 4 is 5.97 Å². The number of carbonyl (C=O) groups excluding carboxylic acids is 1. The summed E-state index contributed by atoms with van der Waals surface area (Å²) in [5, 5.41) is 18.6. The summed E-state index contributed by atoms with van der Waals surface area (Å²) in [5.41, 5.74) is 0. The maximum Gasteiger partial charge on any atom is 0.119 e. The third-order valence-corrected chi connectivity index (χ3v) is 1.88. The number of quaternary nitrogens is 1. The summed E-state index contributed by atoms with van der Waals surface area (Å²) in [7, 11) is 3.52. The highest BCUT2D eigenvalue weighted by molar-refractivity contribution is 5.63. The molecule has 4 nitrogen and oxygen atoms in total. The van der Waals surface area contributed by atoms with Crippen LogP contribution in [0.5, 0.6) is 0 Å². The van der Waals surface area contributed by atoms with Crippen LogP contribution in [0.1, 0.15) is 26.7 Å². The van der Waals surface area contributed by atoms with Crippen LogP contribution in [0.15, 0.2) is 12.7 Å². The Hall–Kier alpha value is -0.870. The van der Waals surface area contributed by atoms with E-state index >= 15 is 0 Å². The molecule has 4 heteroatoms. The van der Waals surface area contributed by atoms with Gasteiger partial charge >= 0.3 is 0 Å². The number of carboxylic acids is 1. The zero-order valence-electron chi connectivity index (χ0n) is 9.49. The van der Waals surface area contributed by atoms with Gasteiger partial charge in [0.15, 0.2) is 0 Å². The predicted molar refractivity (Wildman–Crippen MR) is 53.5 cm³/mol. The second kappa shape index (κ2) is 7.53. The highest BCUT2D eigenvalue weighted by Crippen LogP contribution is 2.05. The molecule has 0 bridgehead atoms. The molecule has 14 heavy (non-hydrogen) atoms. The molecule has 1 N–H and O–H groups in total. The number of hydroxylamine groups is 3. The molecule has 1 unspecified atom stereocenters. The van der Waals surface area contributed by atoms with E-state index in [0.717, 1.165) is 6.42 Å². The average Bonchev–Trinajstić information content (AvgIpc) is 2.04. The van der Waals surface area contributed by atoms with Crippen LogP contribution in [0.2, 0.25) is 0 Å². The molecule has 0 heterocycles. The Morgan fingerprint density at radius 3 is 2.07 bits per heavy atom. The first kappa shape index (κ1) is 15.6. The molecule has 0 spiro atoms. The lowest BCUT2D eigenvalue weighted by Crippen LogP contribution is -2.43. The minimum Gasteiger partial charge on any atom is -0.550 e. The van der Waals surface area contributed by atoms with E-state index in [4.69, 9.17) is 0 Å². The van der Waals surface area contributed by atoms with Crippen LogP contribution >= 0.6 is 0 Å². The van der Waals surface area contributed by atoms with Gasteiger partial charge in [0.25, 0.3) is 0 Å². The molecule has 0 aromatic rings. The predicted octanol–water partition coefficient (Wildman–Crippen LogP) is 0.563. The van der Waals surface area contributed by atoms with Gasteiger partial charge in [0.05, 0.1) is 14.1 Å². The number of carbonyl (C=O) groups is 1. The van der Waals surface area contributed by atoms with Crippen molar-refractivity contribution in [3.63, 3.8) is 0 Å². The van der Waals surface area contributed by atoms with Crippen molar-refractivity contribution in [3.05, 3.63) is 12.7 Å². The van der Waals surface area contributed by atoms with Crippen LogP contribution in [0, 0.1) is 0 Å². The van der Waals surface area contributed by atoms with Gasteiger partial charge in [-0.05, 0) is 13.3 Å². The topological polar surface area (TPSA) is 60.4 Å². The number of nitrogens with zero attached hydrogens (tertiary/aromatic N) is 1. The number of carboxylic acid groups (broad SMARTS) is 1. The minimum absolute atomic E-state index is 0.0199. The first-order valence-electron chi connectivity index (χ1n) is 4.62. The Labute approximate surface area is 86.0 Å². The summed E-state index contributed by atoms with van der Waals surface area (Å²) in [6.07, 6.45) is 2.78. The number of hydrogen-bond donors (Lipinski definition) is 1. The minimum atomic E-state index is -0.995. The highest BCUT2D eigenvalue weighted by atomic mass is 16.5. The van der Waals surface area contributed by atoms with Gasteiger partial charge in [-0.2, -0.15) is 4.65 Å². The van der Waals surface area contributed by atoms with E-state index in [0.29, 0.717) is 0 Å². The van der Waals surface area contributed by atoms with Gasteiger partial charge in [0, 0.05) is 12.4 Å². The summed E-state index contributed by atoms with van der Waals surface area (Å²) in [5.74, 6) is -0.995. The van der Waals surface area contributed by atoms with E-state index in [-0.39, 0.29) is 17.1 Å². The molecule has 0 aromatic heterocycles. The molecule has 0 amide bonds. The SMILES string of the molecule is C=CCC(C)[N+](C)(C)O.CCC(=O)[O-]. The van der Waals surface area contributed by atoms with Crippen molar-refractivity contribution in [2.75, 3.05) is 14.1 Å². The lowest BCUT2D eigenvalue weighted by Gasteiger charge is -2.26. The second-order valence-electron chi connectivity index (χ2n) is 3.58. The molecule has 0 radical (unpaired) electrons. The molecular formula is C10H21NO3. The lowest BCUT2D eigenvalue weighted by molar-refractivity contribution is -1.09. The maximum atomic E-state index is 9.31. The third-order valence-electron chi connectivity index (χ3n) is 1.88. The number of hydrogen-bond acceptors (Lipinski definition) is 3. The van der Waals surface area contributed by atoms with Crippen LogP contribution in [0.4, 0.5) is 0 Å². The first-order valence-corrected chi connectivity index (χ1v) is 4.62. The zero-order chi connectivity index (χ0) is 11.8. The van der Waals surface area contributed by atoms with Crippen molar-refractivity contribution < 1.29 is 19.8 Å². The lowest BCUT2D eigenvalue weighted by atomic mass is 10.2. The van der Waals surface area contributed by atoms with E-state index < -0.39 is 5.97 Å². The fourth-order valence-electron chi connectivity index (χ4n) is 0.499. The normalized spacial score (nSPS) is 12.4. The summed E-state index contributed by atoms with van der Waals surface area (Å²) in [6, 6.07) is 0.238. The average molecular weight is 203 g/mol. The van der Waals surface area contributed by atoms with E-state index in [2.05, 4.69) is 6.58 Å². The Kier molecular flexibility index (Phi) is 8.38. The van der Waals surface area contributed by atoms with Gasteiger partial charge in [-0.15, -0.1) is 6.58 Å². The second-order valence-corrected chi connectivity index (χ2v) is 3.58. The quantitative estimate of drug-likeness (QED) is 0.412. The first-order chi connectivity index (χ1) is 6.25. The van der Waals surface area contributed by atoms with Gasteiger partial charge in [0.1, 0.15) is 6.04 Å². The molecule has 0 rings (SSSR count). The number of aliphatic carboxylic acids is 1. The standard InChI is InChI=1S/C7H16NO.C3H6O2/c1-5-6-7(2)8(3,4)9;1-2-3(4)5/h5,7,9H,1,6H2,2-4H3;2H2,1H3,(H,4,5)/q+1;/p-1.